The van der Waals surface area contributed by atoms with E-state index in [9.17, 15) is 0 Å². The molecule has 0 saturated carbocycles. The minimum atomic E-state index is 0.370. The molecule has 0 aliphatic carbocycles. The third kappa shape index (κ3) is 1.72. The fourth-order valence-electron chi connectivity index (χ4n) is 2.78. The molecule has 0 aromatic carbocycles. The predicted octanol–water partition coefficient (Wildman–Crippen LogP) is 1.23. The summed E-state index contributed by atoms with van der Waals surface area (Å²) < 4.78 is 5.84. The van der Waals surface area contributed by atoms with Gasteiger partial charge < -0.3 is 10.1 Å². The van der Waals surface area contributed by atoms with Crippen molar-refractivity contribution in [1.82, 2.24) is 15.3 Å². The highest BCUT2D eigenvalue weighted by molar-refractivity contribution is 5.11. The third-order valence-electron chi connectivity index (χ3n) is 3.53. The summed E-state index contributed by atoms with van der Waals surface area (Å²) in [7, 11) is 1.93. The summed E-state index contributed by atoms with van der Waals surface area (Å²) in [6.07, 6.45) is 6.20. The van der Waals surface area contributed by atoms with Crippen LogP contribution in [0.1, 0.15) is 36.7 Å². The van der Waals surface area contributed by atoms with Gasteiger partial charge in [0.2, 0.25) is 0 Å². The molecule has 0 spiro atoms. The van der Waals surface area contributed by atoms with Crippen molar-refractivity contribution in [3.63, 3.8) is 0 Å². The highest BCUT2D eigenvalue weighted by Gasteiger charge is 2.42. The van der Waals surface area contributed by atoms with Gasteiger partial charge in [0, 0.05) is 18.7 Å². The Morgan fingerprint density at radius 2 is 2.44 bits per heavy atom. The molecule has 3 heterocycles. The Morgan fingerprint density at radius 3 is 3.12 bits per heavy atom. The van der Waals surface area contributed by atoms with Crippen LogP contribution in [0.5, 0.6) is 0 Å². The van der Waals surface area contributed by atoms with E-state index in [-0.39, 0.29) is 0 Å². The summed E-state index contributed by atoms with van der Waals surface area (Å²) >= 11 is 0. The van der Waals surface area contributed by atoms with Gasteiger partial charge in [-0.25, -0.2) is 9.97 Å². The minimum Gasteiger partial charge on any atom is -0.374 e. The Bertz CT molecular complexity index is 382. The quantitative estimate of drug-likeness (QED) is 0.830. The number of nitrogens with one attached hydrogen (secondary N) is 1. The van der Waals surface area contributed by atoms with Crippen molar-refractivity contribution in [2.24, 2.45) is 0 Å². The molecule has 2 aliphatic rings. The van der Waals surface area contributed by atoms with Crippen molar-refractivity contribution in [2.75, 3.05) is 7.05 Å². The first kappa shape index (κ1) is 10.2. The van der Waals surface area contributed by atoms with E-state index in [1.165, 1.54) is 12.8 Å². The standard InChI is InChI=1S/C12H17N3O/c1-13-7-8-4-5-14-12(15-8)10-6-9-2-3-11(10)16-9/h4-5,9-11,13H,2-3,6-7H2,1H3. The lowest BCUT2D eigenvalue weighted by atomic mass is 9.88. The second-order valence-corrected chi connectivity index (χ2v) is 4.65. The van der Waals surface area contributed by atoms with Gasteiger partial charge >= 0.3 is 0 Å². The maximum Gasteiger partial charge on any atom is 0.134 e. The molecule has 3 unspecified atom stereocenters. The topological polar surface area (TPSA) is 47.0 Å². The van der Waals surface area contributed by atoms with Gasteiger partial charge in [-0.05, 0) is 32.4 Å². The molecule has 4 heteroatoms. The molecular formula is C12H17N3O. The molecule has 1 aromatic heterocycles. The van der Waals surface area contributed by atoms with Crippen molar-refractivity contribution in [3.05, 3.63) is 23.8 Å². The van der Waals surface area contributed by atoms with Gasteiger partial charge in [-0.1, -0.05) is 0 Å². The van der Waals surface area contributed by atoms with Crippen LogP contribution in [0, 0.1) is 0 Å². The van der Waals surface area contributed by atoms with E-state index in [1.54, 1.807) is 0 Å². The van der Waals surface area contributed by atoms with Crippen LogP contribution in [0.3, 0.4) is 0 Å². The van der Waals surface area contributed by atoms with E-state index in [1.807, 2.05) is 19.3 Å². The molecule has 0 radical (unpaired) electrons. The Balaban J connectivity index is 1.81. The van der Waals surface area contributed by atoms with Crippen molar-refractivity contribution in [2.45, 2.75) is 43.9 Å². The van der Waals surface area contributed by atoms with Gasteiger partial charge in [0.25, 0.3) is 0 Å². The molecule has 3 atom stereocenters. The zero-order chi connectivity index (χ0) is 11.0. The maximum atomic E-state index is 5.84. The largest absolute Gasteiger partial charge is 0.374 e. The van der Waals surface area contributed by atoms with Crippen LogP contribution in [0.15, 0.2) is 12.3 Å². The molecule has 86 valence electrons. The molecule has 1 N–H and O–H groups in total. The van der Waals surface area contributed by atoms with Crippen LogP contribution in [0.2, 0.25) is 0 Å². The fraction of sp³-hybridized carbons (Fsp3) is 0.667. The summed E-state index contributed by atoms with van der Waals surface area (Å²) in [6.45, 7) is 0.803. The predicted molar refractivity (Wildman–Crippen MR) is 60.0 cm³/mol. The van der Waals surface area contributed by atoms with E-state index in [4.69, 9.17) is 4.74 Å². The Labute approximate surface area is 95.4 Å². The molecule has 2 fully saturated rings. The summed E-state index contributed by atoms with van der Waals surface area (Å²) in [6, 6.07) is 1.97. The van der Waals surface area contributed by atoms with E-state index in [0.29, 0.717) is 18.1 Å². The van der Waals surface area contributed by atoms with Crippen molar-refractivity contribution in [1.29, 1.82) is 0 Å². The number of hydrogen-bond acceptors (Lipinski definition) is 4. The number of nitrogens with zero attached hydrogens (tertiary/aromatic N) is 2. The van der Waals surface area contributed by atoms with Gasteiger partial charge in [-0.3, -0.25) is 0 Å². The molecule has 2 bridgehead atoms. The summed E-state index contributed by atoms with van der Waals surface area (Å²) in [5.41, 5.74) is 1.07. The number of aromatic nitrogens is 2. The van der Waals surface area contributed by atoms with E-state index >= 15 is 0 Å². The molecular weight excluding hydrogens is 202 g/mol. The zero-order valence-electron chi connectivity index (χ0n) is 9.52. The van der Waals surface area contributed by atoms with Crippen LogP contribution in [0.4, 0.5) is 0 Å². The van der Waals surface area contributed by atoms with Crippen LogP contribution in [-0.2, 0) is 11.3 Å². The molecule has 1 aromatic rings. The van der Waals surface area contributed by atoms with Gasteiger partial charge in [0.05, 0.1) is 17.9 Å². The molecule has 16 heavy (non-hydrogen) atoms. The first-order chi connectivity index (χ1) is 7.86. The Morgan fingerprint density at radius 1 is 1.50 bits per heavy atom. The van der Waals surface area contributed by atoms with Gasteiger partial charge in [0.15, 0.2) is 0 Å². The van der Waals surface area contributed by atoms with Crippen molar-refractivity contribution in [3.8, 4) is 0 Å². The second kappa shape index (κ2) is 4.11. The van der Waals surface area contributed by atoms with Crippen LogP contribution >= 0.6 is 0 Å². The minimum absolute atomic E-state index is 0.370. The van der Waals surface area contributed by atoms with Gasteiger partial charge in [-0.15, -0.1) is 0 Å². The van der Waals surface area contributed by atoms with Gasteiger partial charge in [0.1, 0.15) is 5.82 Å². The fourth-order valence-corrected chi connectivity index (χ4v) is 2.78. The highest BCUT2D eigenvalue weighted by Crippen LogP contribution is 2.43. The first-order valence-corrected chi connectivity index (χ1v) is 5.98. The van der Waals surface area contributed by atoms with E-state index in [0.717, 1.165) is 24.5 Å². The Hall–Kier alpha value is -1.00. The molecule has 2 aliphatic heterocycles. The summed E-state index contributed by atoms with van der Waals surface area (Å²) in [5.74, 6) is 1.40. The van der Waals surface area contributed by atoms with Crippen molar-refractivity contribution < 1.29 is 4.74 Å². The number of rotatable bonds is 3. The summed E-state index contributed by atoms with van der Waals surface area (Å²) in [5, 5.41) is 3.11. The maximum absolute atomic E-state index is 5.84. The van der Waals surface area contributed by atoms with E-state index < -0.39 is 0 Å². The van der Waals surface area contributed by atoms with Crippen molar-refractivity contribution >= 4 is 0 Å². The molecule has 3 rings (SSSR count). The molecule has 2 saturated heterocycles. The van der Waals surface area contributed by atoms with Crippen LogP contribution in [-0.4, -0.2) is 29.2 Å². The average molecular weight is 219 g/mol. The first-order valence-electron chi connectivity index (χ1n) is 5.98. The number of ether oxygens (including phenoxy) is 1. The normalized spacial score (nSPS) is 32.2. The summed E-state index contributed by atoms with van der Waals surface area (Å²) in [4.78, 5) is 9.01. The zero-order valence-corrected chi connectivity index (χ0v) is 9.52. The second-order valence-electron chi connectivity index (χ2n) is 4.65. The monoisotopic (exact) mass is 219 g/mol. The average Bonchev–Trinajstić information content (AvgIpc) is 2.91. The lowest BCUT2D eigenvalue weighted by Gasteiger charge is -2.17. The molecule has 0 amide bonds. The van der Waals surface area contributed by atoms with Crippen LogP contribution in [0.25, 0.3) is 0 Å². The SMILES string of the molecule is CNCc1ccnc(C2CC3CCC2O3)n1. The lowest BCUT2D eigenvalue weighted by molar-refractivity contribution is 0.0998. The third-order valence-corrected chi connectivity index (χ3v) is 3.53. The Kier molecular flexibility index (Phi) is 2.61. The van der Waals surface area contributed by atoms with Gasteiger partial charge in [-0.2, -0.15) is 0 Å². The lowest BCUT2D eigenvalue weighted by Crippen LogP contribution is -2.18. The number of fused-ring (bicyclic) bond motifs is 2. The van der Waals surface area contributed by atoms with Crippen LogP contribution < -0.4 is 5.32 Å². The number of hydrogen-bond donors (Lipinski definition) is 1. The molecule has 4 nitrogen and oxygen atoms in total. The van der Waals surface area contributed by atoms with E-state index in [2.05, 4.69) is 15.3 Å². The highest BCUT2D eigenvalue weighted by atomic mass is 16.5. The smallest absolute Gasteiger partial charge is 0.134 e.